The second-order valence-corrected chi connectivity index (χ2v) is 9.44. The van der Waals surface area contributed by atoms with Gasteiger partial charge >= 0.3 is 0 Å². The first-order valence-electron chi connectivity index (χ1n) is 14.5. The van der Waals surface area contributed by atoms with Crippen molar-refractivity contribution in [1.29, 1.82) is 0 Å². The molecule has 242 valence electrons. The minimum atomic E-state index is -0.410. The van der Waals surface area contributed by atoms with Crippen LogP contribution in [0, 0.1) is 0 Å². The van der Waals surface area contributed by atoms with Crippen LogP contribution in [0.3, 0.4) is 0 Å². The van der Waals surface area contributed by atoms with Crippen LogP contribution < -0.4 is 18.9 Å². The molecule has 0 unspecified atom stereocenters. The van der Waals surface area contributed by atoms with Gasteiger partial charge in [0.2, 0.25) is 5.91 Å². The summed E-state index contributed by atoms with van der Waals surface area (Å²) in [5.41, 5.74) is 1.54. The van der Waals surface area contributed by atoms with Gasteiger partial charge in [-0.05, 0) is 35.7 Å². The predicted molar refractivity (Wildman–Crippen MR) is 166 cm³/mol. The van der Waals surface area contributed by atoms with Gasteiger partial charge in [0.1, 0.15) is 37.9 Å². The number of rotatable bonds is 23. The summed E-state index contributed by atoms with van der Waals surface area (Å²) in [6, 6.07) is 6.49. The standard InChI is InChI=1S/C33H45NO10/c1-6-15-41-28-23-30(42-16-7-2)32(26(25(28)8-3)22-31(37)34(11-13-35)12-14-36)33(38)24-9-10-27(43-19-17-39-4)29(21-24)44-20-18-40-5/h6-7,9-10,21,23,35-36H,1-2,8,11-20,22H2,3-5H3. The van der Waals surface area contributed by atoms with Gasteiger partial charge in [-0.2, -0.15) is 0 Å². The average molecular weight is 616 g/mol. The van der Waals surface area contributed by atoms with E-state index in [2.05, 4.69) is 13.2 Å². The molecule has 2 aromatic carbocycles. The molecule has 0 heterocycles. The van der Waals surface area contributed by atoms with Crippen molar-refractivity contribution in [3.05, 3.63) is 71.8 Å². The molecule has 0 aromatic heterocycles. The Morgan fingerprint density at radius 2 is 1.36 bits per heavy atom. The Labute approximate surface area is 259 Å². The summed E-state index contributed by atoms with van der Waals surface area (Å²) < 4.78 is 33.8. The summed E-state index contributed by atoms with van der Waals surface area (Å²) >= 11 is 0. The monoisotopic (exact) mass is 615 g/mol. The van der Waals surface area contributed by atoms with Crippen molar-refractivity contribution in [2.45, 2.75) is 19.8 Å². The van der Waals surface area contributed by atoms with Crippen LogP contribution in [0.4, 0.5) is 0 Å². The molecule has 0 radical (unpaired) electrons. The summed E-state index contributed by atoms with van der Waals surface area (Å²) in [5, 5.41) is 19.0. The van der Waals surface area contributed by atoms with Gasteiger partial charge in [-0.3, -0.25) is 9.59 Å². The number of benzene rings is 2. The van der Waals surface area contributed by atoms with E-state index in [0.29, 0.717) is 48.0 Å². The van der Waals surface area contributed by atoms with E-state index in [4.69, 9.17) is 28.4 Å². The third-order valence-electron chi connectivity index (χ3n) is 6.48. The van der Waals surface area contributed by atoms with Crippen LogP contribution in [0.1, 0.15) is 34.0 Å². The molecule has 0 aliphatic rings. The fraction of sp³-hybridized carbons (Fsp3) is 0.455. The number of methoxy groups -OCH3 is 2. The van der Waals surface area contributed by atoms with Crippen molar-refractivity contribution in [3.8, 4) is 23.0 Å². The van der Waals surface area contributed by atoms with Gasteiger partial charge in [0.25, 0.3) is 0 Å². The van der Waals surface area contributed by atoms with Crippen molar-refractivity contribution in [3.63, 3.8) is 0 Å². The fourth-order valence-electron chi connectivity index (χ4n) is 4.46. The molecule has 0 aliphatic heterocycles. The lowest BCUT2D eigenvalue weighted by molar-refractivity contribution is -0.131. The average Bonchev–Trinajstić information content (AvgIpc) is 3.02. The maximum atomic E-state index is 14.4. The third kappa shape index (κ3) is 10.4. The van der Waals surface area contributed by atoms with E-state index in [1.54, 1.807) is 50.6 Å². The number of ether oxygens (including phenoxy) is 6. The third-order valence-corrected chi connectivity index (χ3v) is 6.48. The second kappa shape index (κ2) is 20.1. The molecule has 2 aromatic rings. The molecule has 11 nitrogen and oxygen atoms in total. The second-order valence-electron chi connectivity index (χ2n) is 9.44. The van der Waals surface area contributed by atoms with Crippen LogP contribution in [0.25, 0.3) is 0 Å². The van der Waals surface area contributed by atoms with Crippen LogP contribution in [-0.4, -0.2) is 107 Å². The smallest absolute Gasteiger partial charge is 0.227 e. The van der Waals surface area contributed by atoms with E-state index in [9.17, 15) is 19.8 Å². The first-order valence-corrected chi connectivity index (χ1v) is 14.5. The maximum Gasteiger partial charge on any atom is 0.227 e. The topological polar surface area (TPSA) is 133 Å². The number of ketones is 1. The number of hydrogen-bond acceptors (Lipinski definition) is 10. The molecule has 44 heavy (non-hydrogen) atoms. The maximum absolute atomic E-state index is 14.4. The van der Waals surface area contributed by atoms with E-state index < -0.39 is 5.78 Å². The van der Waals surface area contributed by atoms with Crippen molar-refractivity contribution >= 4 is 11.7 Å². The lowest BCUT2D eigenvalue weighted by Gasteiger charge is -2.25. The summed E-state index contributed by atoms with van der Waals surface area (Å²) in [6.45, 7) is 10.3. The van der Waals surface area contributed by atoms with Crippen LogP contribution in [0.15, 0.2) is 49.6 Å². The van der Waals surface area contributed by atoms with Gasteiger partial charge in [-0.25, -0.2) is 0 Å². The Morgan fingerprint density at radius 1 is 0.773 bits per heavy atom. The zero-order chi connectivity index (χ0) is 32.3. The Morgan fingerprint density at radius 3 is 1.91 bits per heavy atom. The Hall–Kier alpha value is -3.90. The molecule has 0 aliphatic carbocycles. The Balaban J connectivity index is 2.77. The molecular weight excluding hydrogens is 570 g/mol. The fourth-order valence-corrected chi connectivity index (χ4v) is 4.46. The zero-order valence-corrected chi connectivity index (χ0v) is 26.0. The highest BCUT2D eigenvalue weighted by Crippen LogP contribution is 2.38. The molecule has 0 spiro atoms. The van der Waals surface area contributed by atoms with Crippen molar-refractivity contribution in [2.75, 3.05) is 80.2 Å². The number of aliphatic hydroxyl groups excluding tert-OH is 2. The van der Waals surface area contributed by atoms with E-state index in [1.165, 1.54) is 4.90 Å². The summed E-state index contributed by atoms with van der Waals surface area (Å²) in [5.74, 6) is 0.651. The molecule has 11 heteroatoms. The summed E-state index contributed by atoms with van der Waals surface area (Å²) in [4.78, 5) is 29.3. The van der Waals surface area contributed by atoms with E-state index in [1.807, 2.05) is 6.92 Å². The number of amides is 1. The van der Waals surface area contributed by atoms with E-state index in [0.717, 1.165) is 0 Å². The number of carbonyl (C=O) groups is 2. The zero-order valence-electron chi connectivity index (χ0n) is 26.0. The minimum Gasteiger partial charge on any atom is -0.489 e. The van der Waals surface area contributed by atoms with Crippen LogP contribution in [-0.2, 0) is 27.1 Å². The predicted octanol–water partition coefficient (Wildman–Crippen LogP) is 3.02. The van der Waals surface area contributed by atoms with E-state index in [-0.39, 0.29) is 81.9 Å². The van der Waals surface area contributed by atoms with Crippen LogP contribution in [0.5, 0.6) is 23.0 Å². The van der Waals surface area contributed by atoms with E-state index >= 15 is 0 Å². The SMILES string of the molecule is C=CCOc1cc(OCC=C)c(C(=O)c2ccc(OCCOC)c(OCCOC)c2)c(CC(=O)N(CCO)CCO)c1CC. The van der Waals surface area contributed by atoms with Gasteiger partial charge in [-0.15, -0.1) is 0 Å². The van der Waals surface area contributed by atoms with Gasteiger partial charge in [0.05, 0.1) is 38.4 Å². The highest BCUT2D eigenvalue weighted by molar-refractivity contribution is 6.13. The number of nitrogens with zero attached hydrogens (tertiary/aromatic N) is 1. The minimum absolute atomic E-state index is 0.0311. The van der Waals surface area contributed by atoms with Crippen molar-refractivity contribution < 1.29 is 48.2 Å². The lowest BCUT2D eigenvalue weighted by atomic mass is 9.89. The molecule has 0 atom stereocenters. The molecule has 0 fully saturated rings. The van der Waals surface area contributed by atoms with Gasteiger partial charge in [0, 0.05) is 38.9 Å². The van der Waals surface area contributed by atoms with Crippen LogP contribution >= 0.6 is 0 Å². The highest BCUT2D eigenvalue weighted by Gasteiger charge is 2.28. The molecule has 0 bridgehead atoms. The van der Waals surface area contributed by atoms with Gasteiger partial charge < -0.3 is 43.5 Å². The molecule has 0 saturated carbocycles. The first-order chi connectivity index (χ1) is 21.4. The highest BCUT2D eigenvalue weighted by atomic mass is 16.5. The normalized spacial score (nSPS) is 10.7. The molecular formula is C33H45NO10. The first kappa shape index (κ1) is 36.3. The molecule has 2 N–H and O–H groups in total. The Kier molecular flexibility index (Phi) is 16.6. The van der Waals surface area contributed by atoms with Crippen molar-refractivity contribution in [2.24, 2.45) is 0 Å². The van der Waals surface area contributed by atoms with Crippen molar-refractivity contribution in [1.82, 2.24) is 4.90 Å². The summed E-state index contributed by atoms with van der Waals surface area (Å²) in [6.07, 6.45) is 3.39. The van der Waals surface area contributed by atoms with Gasteiger partial charge in [-0.1, -0.05) is 32.2 Å². The Bertz CT molecular complexity index is 1220. The molecule has 2 rings (SSSR count). The molecule has 1 amide bonds. The number of carbonyl (C=O) groups excluding carboxylic acids is 2. The molecule has 0 saturated heterocycles. The summed E-state index contributed by atoms with van der Waals surface area (Å²) in [7, 11) is 3.13. The largest absolute Gasteiger partial charge is 0.489 e. The van der Waals surface area contributed by atoms with Crippen LogP contribution in [0.2, 0.25) is 0 Å². The number of aliphatic hydroxyl groups is 2. The number of hydrogen-bond donors (Lipinski definition) is 2. The quantitative estimate of drug-likeness (QED) is 0.109. The van der Waals surface area contributed by atoms with Gasteiger partial charge in [0.15, 0.2) is 17.3 Å². The lowest BCUT2D eigenvalue weighted by Crippen LogP contribution is -2.37.